The second kappa shape index (κ2) is 16.7. The van der Waals surface area contributed by atoms with E-state index in [4.69, 9.17) is 14.6 Å². The fourth-order valence-corrected chi connectivity index (χ4v) is 6.10. The Bertz CT molecular complexity index is 1610. The predicted octanol–water partition coefficient (Wildman–Crippen LogP) is 7.93. The molecule has 0 saturated carbocycles. The summed E-state index contributed by atoms with van der Waals surface area (Å²) in [6.07, 6.45) is 3.38. The molecule has 0 bridgehead atoms. The number of aliphatic hydroxyl groups excluding tert-OH is 1. The van der Waals surface area contributed by atoms with E-state index in [9.17, 15) is 14.7 Å². The third-order valence-corrected chi connectivity index (χ3v) is 9.03. The Hall–Kier alpha value is -4.08. The first-order valence-electron chi connectivity index (χ1n) is 16.6. The molecule has 248 valence electrons. The lowest BCUT2D eigenvalue weighted by Crippen LogP contribution is -2.38. The Morgan fingerprint density at radius 3 is 2.23 bits per heavy atom. The Labute approximate surface area is 277 Å². The quantitative estimate of drug-likeness (QED) is 0.114. The number of carboxylic acids is 1. The summed E-state index contributed by atoms with van der Waals surface area (Å²) in [4.78, 5) is 25.5. The molecular weight excluding hydrogens is 592 g/mol. The van der Waals surface area contributed by atoms with Gasteiger partial charge in [0.15, 0.2) is 6.29 Å². The number of ether oxygens (including phenoxy) is 2. The molecule has 1 heterocycles. The smallest absolute Gasteiger partial charge is 0.303 e. The number of rotatable bonds is 15. The molecule has 4 aromatic carbocycles. The van der Waals surface area contributed by atoms with E-state index in [1.54, 1.807) is 0 Å². The van der Waals surface area contributed by atoms with Crippen LogP contribution in [0.2, 0.25) is 0 Å². The fourth-order valence-electron chi connectivity index (χ4n) is 6.10. The van der Waals surface area contributed by atoms with Gasteiger partial charge in [-0.25, -0.2) is 0 Å². The normalized spacial score (nSPS) is 18.7. The minimum Gasteiger partial charge on any atom is -0.481 e. The highest BCUT2D eigenvalue weighted by Crippen LogP contribution is 2.39. The van der Waals surface area contributed by atoms with Crippen LogP contribution in [0.4, 0.5) is 5.69 Å². The predicted molar refractivity (Wildman–Crippen MR) is 184 cm³/mol. The van der Waals surface area contributed by atoms with E-state index in [0.717, 1.165) is 36.0 Å². The van der Waals surface area contributed by atoms with Gasteiger partial charge in [0.1, 0.15) is 0 Å². The zero-order chi connectivity index (χ0) is 33.2. The molecule has 0 aromatic heterocycles. The van der Waals surface area contributed by atoms with Gasteiger partial charge in [-0.2, -0.15) is 0 Å². The molecule has 0 aliphatic carbocycles. The number of benzene rings is 4. The number of carboxylic acid groups (broad SMARTS) is 1. The number of aliphatic hydroxyl groups is 1. The second-order valence-electron chi connectivity index (χ2n) is 12.6. The highest BCUT2D eigenvalue weighted by Gasteiger charge is 2.33. The lowest BCUT2D eigenvalue weighted by Gasteiger charge is -2.39. The molecule has 0 spiro atoms. The Balaban J connectivity index is 1.23. The number of anilines is 1. The zero-order valence-corrected chi connectivity index (χ0v) is 27.3. The maximum absolute atomic E-state index is 12.5. The van der Waals surface area contributed by atoms with Gasteiger partial charge in [0.2, 0.25) is 5.91 Å². The second-order valence-corrected chi connectivity index (χ2v) is 12.6. The van der Waals surface area contributed by atoms with Gasteiger partial charge in [0, 0.05) is 43.1 Å². The topological polar surface area (TPSA) is 108 Å². The third kappa shape index (κ3) is 9.72. The molecule has 4 atom stereocenters. The van der Waals surface area contributed by atoms with Gasteiger partial charge in [-0.1, -0.05) is 85.6 Å². The number of nitrogens with one attached hydrogen (secondary N) is 1. The van der Waals surface area contributed by atoms with Gasteiger partial charge >= 0.3 is 5.97 Å². The molecule has 1 aliphatic rings. The van der Waals surface area contributed by atoms with E-state index in [2.05, 4.69) is 66.7 Å². The Morgan fingerprint density at radius 2 is 1.53 bits per heavy atom. The monoisotopic (exact) mass is 638 g/mol. The SMILES string of the molecule is CC(c1ccc2ccccc2c1)N(C)CC1CC(c2ccc(CO)cc2)OC(c2ccc(NC(=O)CCCCCCC(=O)O)cc2)O1. The molecule has 47 heavy (non-hydrogen) atoms. The molecule has 1 aliphatic heterocycles. The maximum atomic E-state index is 12.5. The fraction of sp³-hybridized carbons (Fsp3) is 0.385. The number of fused-ring (bicyclic) bond motifs is 1. The molecule has 1 fully saturated rings. The van der Waals surface area contributed by atoms with Gasteiger partial charge in [0.05, 0.1) is 18.8 Å². The number of hydrogen-bond acceptors (Lipinski definition) is 6. The van der Waals surface area contributed by atoms with E-state index in [1.165, 1.54) is 16.3 Å². The van der Waals surface area contributed by atoms with Crippen LogP contribution in [-0.2, 0) is 25.7 Å². The highest BCUT2D eigenvalue weighted by molar-refractivity contribution is 5.90. The summed E-state index contributed by atoms with van der Waals surface area (Å²) in [5.41, 5.74) is 4.72. The van der Waals surface area contributed by atoms with Gasteiger partial charge in [-0.05, 0) is 72.5 Å². The van der Waals surface area contributed by atoms with Gasteiger partial charge < -0.3 is 25.0 Å². The first-order valence-corrected chi connectivity index (χ1v) is 16.6. The summed E-state index contributed by atoms with van der Waals surface area (Å²) in [5.74, 6) is -0.840. The average Bonchev–Trinajstić information content (AvgIpc) is 3.09. The Morgan fingerprint density at radius 1 is 0.851 bits per heavy atom. The van der Waals surface area contributed by atoms with Crippen LogP contribution in [0, 0.1) is 0 Å². The van der Waals surface area contributed by atoms with E-state index < -0.39 is 12.3 Å². The van der Waals surface area contributed by atoms with E-state index in [-0.39, 0.29) is 37.2 Å². The number of carbonyl (C=O) groups excluding carboxylic acids is 1. The molecule has 8 heteroatoms. The first kappa shape index (κ1) is 34.3. The van der Waals surface area contributed by atoms with Crippen LogP contribution >= 0.6 is 0 Å². The van der Waals surface area contributed by atoms with E-state index in [0.29, 0.717) is 31.5 Å². The van der Waals surface area contributed by atoms with Crippen molar-refractivity contribution in [2.24, 2.45) is 0 Å². The highest BCUT2D eigenvalue weighted by atomic mass is 16.7. The largest absolute Gasteiger partial charge is 0.481 e. The number of amides is 1. The molecule has 4 unspecified atom stereocenters. The average molecular weight is 639 g/mol. The van der Waals surface area contributed by atoms with Crippen LogP contribution in [0.15, 0.2) is 91.0 Å². The molecular formula is C39H46N2O6. The van der Waals surface area contributed by atoms with E-state index >= 15 is 0 Å². The van der Waals surface area contributed by atoms with Crippen molar-refractivity contribution in [2.45, 2.75) is 83.0 Å². The molecule has 8 nitrogen and oxygen atoms in total. The number of unbranched alkanes of at least 4 members (excludes halogenated alkanes) is 3. The van der Waals surface area contributed by atoms with Crippen LogP contribution in [0.3, 0.4) is 0 Å². The minimum atomic E-state index is -0.781. The van der Waals surface area contributed by atoms with Crippen LogP contribution < -0.4 is 5.32 Å². The minimum absolute atomic E-state index is 0.00665. The molecule has 1 amide bonds. The molecule has 3 N–H and O–H groups in total. The zero-order valence-electron chi connectivity index (χ0n) is 27.3. The molecule has 5 rings (SSSR count). The van der Waals surface area contributed by atoms with Crippen molar-refractivity contribution in [1.29, 1.82) is 0 Å². The number of aliphatic carboxylic acids is 1. The van der Waals surface area contributed by atoms with Gasteiger partial charge in [0.25, 0.3) is 0 Å². The van der Waals surface area contributed by atoms with Crippen LogP contribution in [-0.4, -0.2) is 46.7 Å². The maximum Gasteiger partial charge on any atom is 0.303 e. The number of carbonyl (C=O) groups is 2. The third-order valence-electron chi connectivity index (χ3n) is 9.03. The van der Waals surface area contributed by atoms with Crippen molar-refractivity contribution < 1.29 is 29.3 Å². The van der Waals surface area contributed by atoms with Crippen molar-refractivity contribution in [3.05, 3.63) is 113 Å². The van der Waals surface area contributed by atoms with Crippen molar-refractivity contribution in [3.63, 3.8) is 0 Å². The lowest BCUT2D eigenvalue weighted by molar-refractivity contribution is -0.253. The van der Waals surface area contributed by atoms with Crippen molar-refractivity contribution in [2.75, 3.05) is 18.9 Å². The summed E-state index contributed by atoms with van der Waals surface area (Å²) in [5, 5.41) is 23.7. The summed E-state index contributed by atoms with van der Waals surface area (Å²) in [6.45, 7) is 2.93. The number of hydrogen-bond donors (Lipinski definition) is 3. The van der Waals surface area contributed by atoms with Crippen LogP contribution in [0.25, 0.3) is 10.8 Å². The first-order chi connectivity index (χ1) is 22.8. The van der Waals surface area contributed by atoms with Crippen molar-refractivity contribution in [3.8, 4) is 0 Å². The lowest BCUT2D eigenvalue weighted by atomic mass is 9.98. The summed E-state index contributed by atoms with van der Waals surface area (Å²) in [6, 6.07) is 30.7. The van der Waals surface area contributed by atoms with Crippen molar-refractivity contribution in [1.82, 2.24) is 4.90 Å². The molecule has 0 radical (unpaired) electrons. The number of likely N-dealkylation sites (N-methyl/N-ethyl adjacent to an activating group) is 1. The van der Waals surface area contributed by atoms with Gasteiger partial charge in [-0.15, -0.1) is 0 Å². The molecule has 1 saturated heterocycles. The van der Waals surface area contributed by atoms with Gasteiger partial charge in [-0.3, -0.25) is 14.5 Å². The van der Waals surface area contributed by atoms with Crippen LogP contribution in [0.1, 0.15) is 92.6 Å². The summed E-state index contributed by atoms with van der Waals surface area (Å²) in [7, 11) is 2.13. The van der Waals surface area contributed by atoms with Crippen LogP contribution in [0.5, 0.6) is 0 Å². The summed E-state index contributed by atoms with van der Waals surface area (Å²) < 4.78 is 13.1. The Kier molecular flexibility index (Phi) is 12.1. The van der Waals surface area contributed by atoms with E-state index in [1.807, 2.05) is 48.5 Å². The standard InChI is InChI=1S/C39H46N2O6/c1-27(32-18-17-29-9-7-8-10-33(29)23-32)41(2)25-35-24-36(30-15-13-28(26-42)14-16-30)47-39(46-35)31-19-21-34(22-20-31)40-37(43)11-5-3-4-6-12-38(44)45/h7-10,13-23,27,35-36,39,42H,3-6,11-12,24-26H2,1-2H3,(H,40,43)(H,44,45). The van der Waals surface area contributed by atoms with Crippen molar-refractivity contribution >= 4 is 28.3 Å². The summed E-state index contributed by atoms with van der Waals surface area (Å²) >= 11 is 0. The molecule has 4 aromatic rings. The number of nitrogens with zero attached hydrogens (tertiary/aromatic N) is 1.